The number of rotatable bonds is 9. The maximum Gasteiger partial charge on any atom is 0.306 e. The molecular weight excluding hydrogens is 268 g/mol. The van der Waals surface area contributed by atoms with Gasteiger partial charge in [-0.3, -0.25) is 9.59 Å². The quantitative estimate of drug-likeness (QED) is 0.509. The minimum atomic E-state index is -0.728. The van der Waals surface area contributed by atoms with E-state index in [1.54, 1.807) is 0 Å². The van der Waals surface area contributed by atoms with Crippen molar-refractivity contribution < 1.29 is 19.4 Å². The summed E-state index contributed by atoms with van der Waals surface area (Å²) >= 11 is 0. The van der Waals surface area contributed by atoms with Crippen LogP contribution in [0, 0.1) is 5.92 Å². The maximum atomic E-state index is 11.9. The largest absolute Gasteiger partial charge is 0.481 e. The molecule has 0 aromatic rings. The van der Waals surface area contributed by atoms with E-state index in [-0.39, 0.29) is 18.0 Å². The van der Waals surface area contributed by atoms with Crippen molar-refractivity contribution in [2.45, 2.75) is 90.1 Å². The van der Waals surface area contributed by atoms with Crippen molar-refractivity contribution in [2.75, 3.05) is 0 Å². The number of carbonyl (C=O) groups excluding carboxylic acids is 1. The predicted molar refractivity (Wildman–Crippen MR) is 82.1 cm³/mol. The lowest BCUT2D eigenvalue weighted by atomic mass is 9.77. The van der Waals surface area contributed by atoms with Crippen molar-refractivity contribution in [3.05, 3.63) is 0 Å². The second-order valence-electron chi connectivity index (χ2n) is 6.60. The highest BCUT2D eigenvalue weighted by atomic mass is 16.6. The zero-order valence-corrected chi connectivity index (χ0v) is 13.5. The van der Waals surface area contributed by atoms with Crippen LogP contribution in [-0.4, -0.2) is 22.6 Å². The molecule has 122 valence electrons. The summed E-state index contributed by atoms with van der Waals surface area (Å²) in [4.78, 5) is 22.3. The zero-order valence-electron chi connectivity index (χ0n) is 13.5. The fourth-order valence-corrected chi connectivity index (χ4v) is 3.02. The van der Waals surface area contributed by atoms with E-state index in [1.165, 1.54) is 6.42 Å². The minimum Gasteiger partial charge on any atom is -0.481 e. The molecule has 21 heavy (non-hydrogen) atoms. The van der Waals surface area contributed by atoms with Gasteiger partial charge in [0.25, 0.3) is 0 Å². The van der Waals surface area contributed by atoms with Crippen LogP contribution >= 0.6 is 0 Å². The molecule has 0 bridgehead atoms. The second kappa shape index (κ2) is 9.06. The number of unbranched alkanes of at least 4 members (excludes halogenated alkanes) is 4. The Kier molecular flexibility index (Phi) is 7.76. The van der Waals surface area contributed by atoms with Gasteiger partial charge in [0.2, 0.25) is 0 Å². The Bertz CT molecular complexity index is 340. The Labute approximate surface area is 128 Å². The average molecular weight is 298 g/mol. The van der Waals surface area contributed by atoms with Gasteiger partial charge in [0.15, 0.2) is 0 Å². The molecule has 0 saturated heterocycles. The van der Waals surface area contributed by atoms with Gasteiger partial charge in [0.05, 0.1) is 0 Å². The van der Waals surface area contributed by atoms with Gasteiger partial charge in [-0.05, 0) is 44.9 Å². The third-order valence-corrected chi connectivity index (χ3v) is 4.72. The van der Waals surface area contributed by atoms with Gasteiger partial charge in [0.1, 0.15) is 5.60 Å². The molecule has 1 N–H and O–H groups in total. The van der Waals surface area contributed by atoms with Crippen molar-refractivity contribution in [3.63, 3.8) is 0 Å². The molecule has 4 nitrogen and oxygen atoms in total. The van der Waals surface area contributed by atoms with Crippen LogP contribution in [0.3, 0.4) is 0 Å². The first-order chi connectivity index (χ1) is 9.94. The first-order valence-corrected chi connectivity index (χ1v) is 8.38. The second-order valence-corrected chi connectivity index (χ2v) is 6.60. The molecule has 0 aromatic carbocycles. The van der Waals surface area contributed by atoms with Gasteiger partial charge in [0, 0.05) is 12.8 Å². The fourth-order valence-electron chi connectivity index (χ4n) is 3.02. The first kappa shape index (κ1) is 18.0. The molecule has 1 rings (SSSR count). The van der Waals surface area contributed by atoms with Gasteiger partial charge >= 0.3 is 11.9 Å². The normalized spacial score (nSPS) is 25.5. The Hall–Kier alpha value is -1.06. The summed E-state index contributed by atoms with van der Waals surface area (Å²) in [5.74, 6) is -0.351. The minimum absolute atomic E-state index is 0.0724. The van der Waals surface area contributed by atoms with Crippen LogP contribution in [0.4, 0.5) is 0 Å². The summed E-state index contributed by atoms with van der Waals surface area (Å²) in [7, 11) is 0. The molecular formula is C17H30O4. The third-order valence-electron chi connectivity index (χ3n) is 4.72. The Morgan fingerprint density at radius 3 is 2.33 bits per heavy atom. The molecule has 0 heterocycles. The summed E-state index contributed by atoms with van der Waals surface area (Å²) in [6.07, 6.45) is 9.72. The summed E-state index contributed by atoms with van der Waals surface area (Å²) < 4.78 is 5.73. The number of esters is 1. The number of hydrogen-bond donors (Lipinski definition) is 1. The molecule has 0 spiro atoms. The van der Waals surface area contributed by atoms with E-state index in [1.807, 2.05) is 0 Å². The number of carboxylic acids is 1. The molecule has 1 aliphatic carbocycles. The Balaban J connectivity index is 2.09. The topological polar surface area (TPSA) is 63.6 Å². The standard InChI is InChI=1S/C17H30O4/c1-14-10-8-9-13-17(14,2)21-16(20)12-7-5-3-4-6-11-15(18)19/h14H,3-13H2,1-2H3,(H,18,19). The lowest BCUT2D eigenvalue weighted by Crippen LogP contribution is -2.40. The van der Waals surface area contributed by atoms with Gasteiger partial charge in [-0.1, -0.05) is 32.6 Å². The van der Waals surface area contributed by atoms with Crippen LogP contribution < -0.4 is 0 Å². The fraction of sp³-hybridized carbons (Fsp3) is 0.882. The SMILES string of the molecule is CC1CCCCC1(C)OC(=O)CCCCCCCC(=O)O. The van der Waals surface area contributed by atoms with Gasteiger partial charge in [-0.2, -0.15) is 0 Å². The van der Waals surface area contributed by atoms with E-state index in [4.69, 9.17) is 9.84 Å². The number of hydrogen-bond acceptors (Lipinski definition) is 3. The lowest BCUT2D eigenvalue weighted by molar-refractivity contribution is -0.167. The van der Waals surface area contributed by atoms with E-state index in [0.29, 0.717) is 12.3 Å². The molecule has 0 amide bonds. The van der Waals surface area contributed by atoms with Crippen molar-refractivity contribution in [1.29, 1.82) is 0 Å². The van der Waals surface area contributed by atoms with Crippen molar-refractivity contribution >= 4 is 11.9 Å². The molecule has 4 heteroatoms. The summed E-state index contributed by atoms with van der Waals surface area (Å²) in [6.45, 7) is 4.25. The Morgan fingerprint density at radius 2 is 1.71 bits per heavy atom. The highest BCUT2D eigenvalue weighted by molar-refractivity contribution is 5.69. The van der Waals surface area contributed by atoms with Crippen LogP contribution in [0.25, 0.3) is 0 Å². The summed E-state index contributed by atoms with van der Waals surface area (Å²) in [6, 6.07) is 0. The highest BCUT2D eigenvalue weighted by Gasteiger charge is 2.36. The number of ether oxygens (including phenoxy) is 1. The van der Waals surface area contributed by atoms with Crippen LogP contribution in [-0.2, 0) is 14.3 Å². The van der Waals surface area contributed by atoms with E-state index < -0.39 is 5.97 Å². The van der Waals surface area contributed by atoms with Crippen molar-refractivity contribution in [1.82, 2.24) is 0 Å². The third kappa shape index (κ3) is 6.96. The van der Waals surface area contributed by atoms with E-state index in [2.05, 4.69) is 13.8 Å². The molecule has 0 aromatic heterocycles. The van der Waals surface area contributed by atoms with Crippen LogP contribution in [0.1, 0.15) is 84.5 Å². The average Bonchev–Trinajstić information content (AvgIpc) is 2.41. The van der Waals surface area contributed by atoms with Crippen LogP contribution in [0.5, 0.6) is 0 Å². The zero-order chi connectivity index (χ0) is 15.7. The van der Waals surface area contributed by atoms with Crippen molar-refractivity contribution in [2.24, 2.45) is 5.92 Å². The lowest BCUT2D eigenvalue weighted by Gasteiger charge is -2.39. The number of carboxylic acid groups (broad SMARTS) is 1. The number of carbonyl (C=O) groups is 2. The van der Waals surface area contributed by atoms with E-state index >= 15 is 0 Å². The molecule has 1 saturated carbocycles. The summed E-state index contributed by atoms with van der Waals surface area (Å²) in [5, 5.41) is 8.53. The maximum absolute atomic E-state index is 11.9. The van der Waals surface area contributed by atoms with Gasteiger partial charge in [-0.25, -0.2) is 0 Å². The molecule has 0 aliphatic heterocycles. The predicted octanol–water partition coefficient (Wildman–Crippen LogP) is 4.31. The molecule has 1 fully saturated rings. The smallest absolute Gasteiger partial charge is 0.306 e. The van der Waals surface area contributed by atoms with Crippen molar-refractivity contribution in [3.8, 4) is 0 Å². The molecule has 2 atom stereocenters. The summed E-state index contributed by atoms with van der Waals surface area (Å²) in [5.41, 5.74) is -0.267. The first-order valence-electron chi connectivity index (χ1n) is 8.38. The number of aliphatic carboxylic acids is 1. The van der Waals surface area contributed by atoms with Crippen LogP contribution in [0.2, 0.25) is 0 Å². The Morgan fingerprint density at radius 1 is 1.10 bits per heavy atom. The molecule has 2 unspecified atom stereocenters. The molecule has 0 radical (unpaired) electrons. The van der Waals surface area contributed by atoms with Gasteiger partial charge in [-0.15, -0.1) is 0 Å². The van der Waals surface area contributed by atoms with E-state index in [0.717, 1.165) is 51.4 Å². The highest BCUT2D eigenvalue weighted by Crippen LogP contribution is 2.36. The monoisotopic (exact) mass is 298 g/mol. The molecule has 1 aliphatic rings. The van der Waals surface area contributed by atoms with Crippen LogP contribution in [0.15, 0.2) is 0 Å². The van der Waals surface area contributed by atoms with E-state index in [9.17, 15) is 9.59 Å². The van der Waals surface area contributed by atoms with Gasteiger partial charge < -0.3 is 9.84 Å².